The lowest BCUT2D eigenvalue weighted by molar-refractivity contribution is 0.172. The second-order valence-electron chi connectivity index (χ2n) is 5.95. The molecule has 0 heterocycles. The van der Waals surface area contributed by atoms with Crippen LogP contribution in [0.2, 0.25) is 0 Å². The third-order valence-corrected chi connectivity index (χ3v) is 4.95. The van der Waals surface area contributed by atoms with Gasteiger partial charge in [0.2, 0.25) is 0 Å². The summed E-state index contributed by atoms with van der Waals surface area (Å²) in [6.45, 7) is 2.41. The van der Waals surface area contributed by atoms with Crippen molar-refractivity contribution in [3.63, 3.8) is 0 Å². The molecule has 0 nitrogen and oxygen atoms in total. The molecule has 0 saturated heterocycles. The molecule has 2 fully saturated rings. The van der Waals surface area contributed by atoms with Crippen molar-refractivity contribution in [1.29, 1.82) is 0 Å². The molecule has 2 saturated carbocycles. The molecule has 15 heavy (non-hydrogen) atoms. The van der Waals surface area contributed by atoms with E-state index < -0.39 is 0 Å². The molecule has 0 aromatic heterocycles. The number of hydrogen-bond donors (Lipinski definition) is 0. The van der Waals surface area contributed by atoms with E-state index in [1.165, 1.54) is 44.9 Å². The van der Waals surface area contributed by atoms with Gasteiger partial charge in [0.25, 0.3) is 0 Å². The van der Waals surface area contributed by atoms with Crippen LogP contribution in [0.4, 0.5) is 0 Å². The van der Waals surface area contributed by atoms with Gasteiger partial charge in [-0.25, -0.2) is 0 Å². The highest BCUT2D eigenvalue weighted by Gasteiger charge is 2.26. The molecule has 0 heteroatoms. The van der Waals surface area contributed by atoms with E-state index in [9.17, 15) is 0 Å². The molecule has 2 aliphatic carbocycles. The summed E-state index contributed by atoms with van der Waals surface area (Å²) in [4.78, 5) is 0. The van der Waals surface area contributed by atoms with Crippen LogP contribution in [0.25, 0.3) is 0 Å². The molecule has 0 aliphatic heterocycles. The fourth-order valence-corrected chi connectivity index (χ4v) is 3.98. The third kappa shape index (κ3) is 3.23. The predicted molar refractivity (Wildman–Crippen MR) is 66.9 cm³/mol. The Kier molecular flexibility index (Phi) is 4.53. The smallest absolute Gasteiger partial charge is 0.0383 e. The van der Waals surface area contributed by atoms with Crippen LogP contribution in [0.1, 0.15) is 77.6 Å². The first-order chi connectivity index (χ1) is 7.40. The van der Waals surface area contributed by atoms with E-state index in [1.807, 2.05) is 0 Å². The largest absolute Gasteiger partial charge is 0.0651 e. The zero-order valence-electron chi connectivity index (χ0n) is 10.5. The SMILES string of the molecule is CC[C@@H]1CCCC[C@@H]1CC1CCCCC1. The van der Waals surface area contributed by atoms with Crippen molar-refractivity contribution in [2.45, 2.75) is 77.6 Å². The van der Waals surface area contributed by atoms with Gasteiger partial charge in [-0.05, 0) is 24.2 Å². The number of rotatable bonds is 3. The fourth-order valence-electron chi connectivity index (χ4n) is 3.98. The van der Waals surface area contributed by atoms with Crippen molar-refractivity contribution >= 4 is 0 Å². The van der Waals surface area contributed by atoms with Crippen molar-refractivity contribution in [2.75, 3.05) is 0 Å². The van der Waals surface area contributed by atoms with Gasteiger partial charge in [0.15, 0.2) is 0 Å². The van der Waals surface area contributed by atoms with Crippen LogP contribution in [0.5, 0.6) is 0 Å². The molecule has 88 valence electrons. The lowest BCUT2D eigenvalue weighted by atomic mass is 9.71. The molecule has 0 radical (unpaired) electrons. The van der Waals surface area contributed by atoms with E-state index in [4.69, 9.17) is 0 Å². The van der Waals surface area contributed by atoms with Gasteiger partial charge in [-0.1, -0.05) is 71.1 Å². The van der Waals surface area contributed by atoms with E-state index in [-0.39, 0.29) is 0 Å². The monoisotopic (exact) mass is 208 g/mol. The molecule has 0 bridgehead atoms. The average molecular weight is 208 g/mol. The molecular formula is C15H28. The Morgan fingerprint density at radius 2 is 1.33 bits per heavy atom. The van der Waals surface area contributed by atoms with Gasteiger partial charge in [-0.3, -0.25) is 0 Å². The second kappa shape index (κ2) is 5.92. The molecular weight excluding hydrogens is 180 g/mol. The van der Waals surface area contributed by atoms with E-state index in [0.29, 0.717) is 0 Å². The fraction of sp³-hybridized carbons (Fsp3) is 1.00. The lowest BCUT2D eigenvalue weighted by Crippen LogP contribution is -2.22. The summed E-state index contributed by atoms with van der Waals surface area (Å²) in [5, 5.41) is 0. The predicted octanol–water partition coefficient (Wildman–Crippen LogP) is 5.17. The summed E-state index contributed by atoms with van der Waals surface area (Å²) in [7, 11) is 0. The molecule has 0 amide bonds. The van der Waals surface area contributed by atoms with Crippen molar-refractivity contribution in [1.82, 2.24) is 0 Å². The highest BCUT2D eigenvalue weighted by molar-refractivity contribution is 4.78. The Bertz CT molecular complexity index is 167. The van der Waals surface area contributed by atoms with Gasteiger partial charge in [0, 0.05) is 0 Å². The van der Waals surface area contributed by atoms with E-state index >= 15 is 0 Å². The highest BCUT2D eigenvalue weighted by Crippen LogP contribution is 2.39. The van der Waals surface area contributed by atoms with Crippen LogP contribution >= 0.6 is 0 Å². The minimum Gasteiger partial charge on any atom is -0.0651 e. The van der Waals surface area contributed by atoms with Crippen LogP contribution in [-0.2, 0) is 0 Å². The molecule has 2 aliphatic rings. The normalized spacial score (nSPS) is 34.2. The van der Waals surface area contributed by atoms with Crippen molar-refractivity contribution in [3.05, 3.63) is 0 Å². The highest BCUT2D eigenvalue weighted by atomic mass is 14.3. The maximum Gasteiger partial charge on any atom is -0.0383 e. The standard InChI is InChI=1S/C15H28/c1-2-14-10-6-7-11-15(14)12-13-8-4-3-5-9-13/h13-15H,2-12H2,1H3/t14-,15-/m1/s1. The molecule has 2 rings (SSSR count). The maximum atomic E-state index is 2.41. The molecule has 0 unspecified atom stereocenters. The van der Waals surface area contributed by atoms with Gasteiger partial charge >= 0.3 is 0 Å². The molecule has 0 aromatic rings. The summed E-state index contributed by atoms with van der Waals surface area (Å²) >= 11 is 0. The van der Waals surface area contributed by atoms with Crippen LogP contribution in [0, 0.1) is 17.8 Å². The van der Waals surface area contributed by atoms with Crippen molar-refractivity contribution < 1.29 is 0 Å². The van der Waals surface area contributed by atoms with Crippen molar-refractivity contribution in [3.8, 4) is 0 Å². The Hall–Kier alpha value is 0. The summed E-state index contributed by atoms with van der Waals surface area (Å²) < 4.78 is 0. The first kappa shape index (κ1) is 11.5. The van der Waals surface area contributed by atoms with E-state index in [2.05, 4.69) is 6.92 Å². The third-order valence-electron chi connectivity index (χ3n) is 4.95. The van der Waals surface area contributed by atoms with Gasteiger partial charge in [-0.15, -0.1) is 0 Å². The lowest BCUT2D eigenvalue weighted by Gasteiger charge is -2.34. The molecule has 0 spiro atoms. The first-order valence-electron chi connectivity index (χ1n) is 7.40. The van der Waals surface area contributed by atoms with Crippen LogP contribution in [0.15, 0.2) is 0 Å². The Balaban J connectivity index is 1.79. The summed E-state index contributed by atoms with van der Waals surface area (Å²) in [5.74, 6) is 3.29. The Labute approximate surface area is 95.8 Å². The molecule has 2 atom stereocenters. The zero-order valence-corrected chi connectivity index (χ0v) is 10.5. The van der Waals surface area contributed by atoms with E-state index in [1.54, 1.807) is 25.7 Å². The molecule has 0 N–H and O–H groups in total. The Morgan fingerprint density at radius 3 is 2.00 bits per heavy atom. The maximum absolute atomic E-state index is 2.41. The summed E-state index contributed by atoms with van der Waals surface area (Å²) in [6.07, 6.45) is 16.8. The van der Waals surface area contributed by atoms with Gasteiger partial charge < -0.3 is 0 Å². The van der Waals surface area contributed by atoms with Gasteiger partial charge in [0.1, 0.15) is 0 Å². The van der Waals surface area contributed by atoms with Crippen LogP contribution in [-0.4, -0.2) is 0 Å². The van der Waals surface area contributed by atoms with Crippen molar-refractivity contribution in [2.24, 2.45) is 17.8 Å². The minimum absolute atomic E-state index is 1.08. The summed E-state index contributed by atoms with van der Waals surface area (Å²) in [5.41, 5.74) is 0. The summed E-state index contributed by atoms with van der Waals surface area (Å²) in [6, 6.07) is 0. The van der Waals surface area contributed by atoms with E-state index in [0.717, 1.165) is 17.8 Å². The van der Waals surface area contributed by atoms with Gasteiger partial charge in [-0.2, -0.15) is 0 Å². The topological polar surface area (TPSA) is 0 Å². The molecule has 0 aromatic carbocycles. The second-order valence-corrected chi connectivity index (χ2v) is 5.95. The first-order valence-corrected chi connectivity index (χ1v) is 7.40. The quantitative estimate of drug-likeness (QED) is 0.600. The number of hydrogen-bond acceptors (Lipinski definition) is 0. The minimum atomic E-state index is 1.08. The van der Waals surface area contributed by atoms with Gasteiger partial charge in [0.05, 0.1) is 0 Å². The van der Waals surface area contributed by atoms with Crippen LogP contribution < -0.4 is 0 Å². The van der Waals surface area contributed by atoms with Crippen LogP contribution in [0.3, 0.4) is 0 Å². The Morgan fingerprint density at radius 1 is 0.733 bits per heavy atom. The zero-order chi connectivity index (χ0) is 10.5. The average Bonchev–Trinajstić information content (AvgIpc) is 2.31.